The maximum Gasteiger partial charge on any atom is 0.416 e. The summed E-state index contributed by atoms with van der Waals surface area (Å²) < 4.78 is 54.4. The van der Waals surface area contributed by atoms with Gasteiger partial charge >= 0.3 is 6.18 Å². The van der Waals surface area contributed by atoms with Gasteiger partial charge in [0.15, 0.2) is 6.61 Å². The molecule has 0 radical (unpaired) electrons. The van der Waals surface area contributed by atoms with E-state index in [-0.39, 0.29) is 30.4 Å². The fourth-order valence-electron chi connectivity index (χ4n) is 2.11. The number of hydrogen-bond acceptors (Lipinski definition) is 4. The van der Waals surface area contributed by atoms with Crippen LogP contribution >= 0.6 is 23.2 Å². The van der Waals surface area contributed by atoms with Crippen molar-refractivity contribution in [2.45, 2.75) is 6.18 Å². The zero-order valence-corrected chi connectivity index (χ0v) is 16.1. The van der Waals surface area contributed by atoms with Crippen LogP contribution < -0.4 is 14.8 Å². The third-order valence-electron chi connectivity index (χ3n) is 3.33. The quantitative estimate of drug-likeness (QED) is 0.586. The van der Waals surface area contributed by atoms with Gasteiger partial charge in [0, 0.05) is 17.2 Å². The van der Waals surface area contributed by atoms with Crippen molar-refractivity contribution in [3.05, 3.63) is 52.0 Å². The van der Waals surface area contributed by atoms with Crippen molar-refractivity contribution in [2.75, 3.05) is 32.2 Å². The first kappa shape index (κ1) is 22.1. The number of amides is 1. The van der Waals surface area contributed by atoms with Crippen molar-refractivity contribution in [1.29, 1.82) is 0 Å². The summed E-state index contributed by atoms with van der Waals surface area (Å²) in [7, 11) is 1.46. The highest BCUT2D eigenvalue weighted by molar-refractivity contribution is 6.34. The van der Waals surface area contributed by atoms with Gasteiger partial charge in [-0.25, -0.2) is 0 Å². The number of methoxy groups -OCH3 is 1. The maximum absolute atomic E-state index is 13.0. The van der Waals surface area contributed by atoms with E-state index < -0.39 is 24.3 Å². The molecule has 10 heteroatoms. The minimum atomic E-state index is -4.57. The van der Waals surface area contributed by atoms with E-state index in [4.69, 9.17) is 37.4 Å². The van der Waals surface area contributed by atoms with Gasteiger partial charge < -0.3 is 19.5 Å². The SMILES string of the molecule is COCCOc1ccc(C(F)(F)F)cc1NC(=O)COc1cc(Cl)cc(Cl)c1. The fraction of sp³-hybridized carbons (Fsp3) is 0.278. The zero-order valence-electron chi connectivity index (χ0n) is 14.6. The van der Waals surface area contributed by atoms with Crippen LogP contribution in [-0.2, 0) is 15.7 Å². The van der Waals surface area contributed by atoms with Gasteiger partial charge in [0.25, 0.3) is 5.91 Å². The molecule has 0 heterocycles. The van der Waals surface area contributed by atoms with Gasteiger partial charge in [0.2, 0.25) is 0 Å². The number of carbonyl (C=O) groups excluding carboxylic acids is 1. The second kappa shape index (κ2) is 9.86. The summed E-state index contributed by atoms with van der Waals surface area (Å²) in [6, 6.07) is 7.17. The molecule has 152 valence electrons. The molecule has 0 unspecified atom stereocenters. The van der Waals surface area contributed by atoms with Gasteiger partial charge in [-0.05, 0) is 36.4 Å². The standard InChI is InChI=1S/C18H16Cl2F3NO4/c1-26-4-5-27-16-3-2-11(18(21,22)23)6-15(16)24-17(25)10-28-14-8-12(19)7-13(20)9-14/h2-3,6-9H,4-5,10H2,1H3,(H,24,25). The summed E-state index contributed by atoms with van der Waals surface area (Å²) in [6.45, 7) is -0.139. The summed E-state index contributed by atoms with van der Waals surface area (Å²) >= 11 is 11.7. The Labute approximate surface area is 169 Å². The first-order valence-electron chi connectivity index (χ1n) is 7.91. The molecule has 2 aromatic rings. The van der Waals surface area contributed by atoms with Crippen molar-refractivity contribution in [2.24, 2.45) is 0 Å². The van der Waals surface area contributed by atoms with E-state index in [0.717, 1.165) is 18.2 Å². The number of carbonyl (C=O) groups is 1. The Bertz CT molecular complexity index is 811. The molecular formula is C18H16Cl2F3NO4. The summed E-state index contributed by atoms with van der Waals surface area (Å²) in [5, 5.41) is 2.98. The van der Waals surface area contributed by atoms with E-state index in [9.17, 15) is 18.0 Å². The largest absolute Gasteiger partial charge is 0.489 e. The Hall–Kier alpha value is -2.16. The van der Waals surface area contributed by atoms with E-state index in [2.05, 4.69) is 5.32 Å². The summed E-state index contributed by atoms with van der Waals surface area (Å²) in [5.74, 6) is -0.371. The molecule has 1 amide bonds. The molecule has 0 saturated carbocycles. The average molecular weight is 438 g/mol. The molecule has 2 aromatic carbocycles. The lowest BCUT2D eigenvalue weighted by atomic mass is 10.1. The van der Waals surface area contributed by atoms with Crippen molar-refractivity contribution >= 4 is 34.8 Å². The number of benzene rings is 2. The fourth-order valence-corrected chi connectivity index (χ4v) is 2.62. The predicted octanol–water partition coefficient (Wildman–Crippen LogP) is 5.05. The third-order valence-corrected chi connectivity index (χ3v) is 3.77. The van der Waals surface area contributed by atoms with Gasteiger partial charge in [-0.3, -0.25) is 4.79 Å². The molecule has 0 fully saturated rings. The van der Waals surface area contributed by atoms with Crippen molar-refractivity contribution in [3.63, 3.8) is 0 Å². The predicted molar refractivity (Wildman–Crippen MR) is 99.4 cm³/mol. The molecule has 0 aromatic heterocycles. The van der Waals surface area contributed by atoms with E-state index in [0.29, 0.717) is 10.0 Å². The number of nitrogens with one attached hydrogen (secondary N) is 1. The maximum atomic E-state index is 13.0. The lowest BCUT2D eigenvalue weighted by Gasteiger charge is -2.15. The minimum Gasteiger partial charge on any atom is -0.489 e. The van der Waals surface area contributed by atoms with Gasteiger partial charge in [0.1, 0.15) is 18.1 Å². The number of hydrogen-bond donors (Lipinski definition) is 1. The van der Waals surface area contributed by atoms with Gasteiger partial charge in [0.05, 0.1) is 17.9 Å². The Balaban J connectivity index is 2.11. The van der Waals surface area contributed by atoms with Gasteiger partial charge in [-0.2, -0.15) is 13.2 Å². The minimum absolute atomic E-state index is 0.0733. The second-order valence-corrected chi connectivity index (χ2v) is 6.36. The second-order valence-electron chi connectivity index (χ2n) is 5.49. The first-order chi connectivity index (χ1) is 13.2. The molecule has 0 aliphatic heterocycles. The summed E-state index contributed by atoms with van der Waals surface area (Å²) in [4.78, 5) is 12.1. The Morgan fingerprint density at radius 3 is 2.32 bits per heavy atom. The molecule has 0 aliphatic carbocycles. The molecule has 0 atom stereocenters. The average Bonchev–Trinajstić information content (AvgIpc) is 2.59. The number of ether oxygens (including phenoxy) is 3. The van der Waals surface area contributed by atoms with Crippen LogP contribution in [0.4, 0.5) is 18.9 Å². The highest BCUT2D eigenvalue weighted by atomic mass is 35.5. The van der Waals surface area contributed by atoms with Crippen LogP contribution in [-0.4, -0.2) is 32.8 Å². The highest BCUT2D eigenvalue weighted by Crippen LogP contribution is 2.35. The number of rotatable bonds is 8. The number of alkyl halides is 3. The molecule has 28 heavy (non-hydrogen) atoms. The molecule has 0 saturated heterocycles. The van der Waals surface area contributed by atoms with E-state index >= 15 is 0 Å². The number of anilines is 1. The Kier molecular flexibility index (Phi) is 7.79. The Morgan fingerprint density at radius 2 is 1.71 bits per heavy atom. The van der Waals surface area contributed by atoms with Crippen LogP contribution in [0.2, 0.25) is 10.0 Å². The molecule has 1 N–H and O–H groups in total. The molecular weight excluding hydrogens is 422 g/mol. The monoisotopic (exact) mass is 437 g/mol. The van der Waals surface area contributed by atoms with Crippen LogP contribution in [0.25, 0.3) is 0 Å². The number of halogens is 5. The molecule has 2 rings (SSSR count). The molecule has 0 bridgehead atoms. The van der Waals surface area contributed by atoms with Crippen LogP contribution in [0.3, 0.4) is 0 Å². The van der Waals surface area contributed by atoms with Crippen molar-refractivity contribution in [3.8, 4) is 11.5 Å². The van der Waals surface area contributed by atoms with Gasteiger partial charge in [-0.15, -0.1) is 0 Å². The topological polar surface area (TPSA) is 56.8 Å². The van der Waals surface area contributed by atoms with E-state index in [1.807, 2.05) is 0 Å². The molecule has 0 aliphatic rings. The van der Waals surface area contributed by atoms with E-state index in [1.54, 1.807) is 0 Å². The van der Waals surface area contributed by atoms with Crippen molar-refractivity contribution in [1.82, 2.24) is 0 Å². The summed E-state index contributed by atoms with van der Waals surface area (Å²) in [6.07, 6.45) is -4.57. The smallest absolute Gasteiger partial charge is 0.416 e. The van der Waals surface area contributed by atoms with E-state index in [1.165, 1.54) is 25.3 Å². The van der Waals surface area contributed by atoms with Crippen LogP contribution in [0.15, 0.2) is 36.4 Å². The molecule has 0 spiro atoms. The zero-order chi connectivity index (χ0) is 20.7. The lowest BCUT2D eigenvalue weighted by molar-refractivity contribution is -0.137. The lowest BCUT2D eigenvalue weighted by Crippen LogP contribution is -2.21. The van der Waals surface area contributed by atoms with Crippen LogP contribution in [0.5, 0.6) is 11.5 Å². The first-order valence-corrected chi connectivity index (χ1v) is 8.66. The van der Waals surface area contributed by atoms with Crippen LogP contribution in [0, 0.1) is 0 Å². The normalized spacial score (nSPS) is 11.2. The highest BCUT2D eigenvalue weighted by Gasteiger charge is 2.31. The molecule has 5 nitrogen and oxygen atoms in total. The third kappa shape index (κ3) is 6.78. The summed E-state index contributed by atoms with van der Waals surface area (Å²) in [5.41, 5.74) is -1.06. The van der Waals surface area contributed by atoms with Crippen LogP contribution in [0.1, 0.15) is 5.56 Å². The Morgan fingerprint density at radius 1 is 1.04 bits per heavy atom. The van der Waals surface area contributed by atoms with Crippen molar-refractivity contribution < 1.29 is 32.2 Å². The van der Waals surface area contributed by atoms with Gasteiger partial charge in [-0.1, -0.05) is 23.2 Å².